The van der Waals surface area contributed by atoms with Crippen molar-refractivity contribution in [1.29, 1.82) is 0 Å². The molecule has 3 aromatic rings. The fraction of sp³-hybridized carbons (Fsp3) is 0.200. The van der Waals surface area contributed by atoms with Crippen LogP contribution in [-0.2, 0) is 16.0 Å². The van der Waals surface area contributed by atoms with Gasteiger partial charge in [0.1, 0.15) is 0 Å². The normalized spacial score (nSPS) is 8.66. The Kier molecular flexibility index (Phi) is 15.6. The minimum Gasteiger partial charge on any atom is -0.372 e. The van der Waals surface area contributed by atoms with Crippen LogP contribution in [0.2, 0.25) is 0 Å². The number of nitrogens with one attached hydrogen (secondary N) is 1. The van der Waals surface area contributed by atoms with Gasteiger partial charge in [-0.2, -0.15) is 0 Å². The largest absolute Gasteiger partial charge is 0.372 e. The van der Waals surface area contributed by atoms with E-state index in [1.54, 1.807) is 0 Å². The SMILES string of the molecule is C#C.CCCNC(=O)CCc1ccccc1.NC=O.c1ccc2ccccc2c1. The van der Waals surface area contributed by atoms with Gasteiger partial charge in [-0.15, -0.1) is 12.8 Å². The second-order valence-corrected chi connectivity index (χ2v) is 5.82. The van der Waals surface area contributed by atoms with E-state index in [9.17, 15) is 4.79 Å². The number of fused-ring (bicyclic) bond motifs is 1. The molecule has 0 aromatic heterocycles. The van der Waals surface area contributed by atoms with Gasteiger partial charge >= 0.3 is 0 Å². The Hall–Kier alpha value is -3.58. The van der Waals surface area contributed by atoms with Crippen molar-refractivity contribution in [3.05, 3.63) is 84.4 Å². The topological polar surface area (TPSA) is 72.2 Å². The molecule has 0 saturated carbocycles. The van der Waals surface area contributed by atoms with E-state index in [0.29, 0.717) is 6.42 Å². The van der Waals surface area contributed by atoms with E-state index < -0.39 is 0 Å². The smallest absolute Gasteiger partial charge is 0.220 e. The molecule has 2 amide bonds. The first kappa shape index (κ1) is 25.4. The number of carbonyl (C=O) groups excluding carboxylic acids is 2. The highest BCUT2D eigenvalue weighted by atomic mass is 16.1. The molecule has 0 heterocycles. The van der Waals surface area contributed by atoms with Crippen LogP contribution in [0.25, 0.3) is 10.8 Å². The summed E-state index contributed by atoms with van der Waals surface area (Å²) in [5.41, 5.74) is 5.39. The Bertz CT molecular complexity index is 764. The number of carbonyl (C=O) groups is 2. The molecule has 0 saturated heterocycles. The average Bonchev–Trinajstić information content (AvgIpc) is 2.79. The molecule has 152 valence electrons. The van der Waals surface area contributed by atoms with Crippen molar-refractivity contribution in [2.75, 3.05) is 6.54 Å². The monoisotopic (exact) mass is 390 g/mol. The van der Waals surface area contributed by atoms with Gasteiger partial charge in [-0.1, -0.05) is 85.8 Å². The molecular formula is C25H30N2O2. The Labute approximate surface area is 174 Å². The van der Waals surface area contributed by atoms with Gasteiger partial charge < -0.3 is 11.1 Å². The molecule has 0 bridgehead atoms. The summed E-state index contributed by atoms with van der Waals surface area (Å²) >= 11 is 0. The summed E-state index contributed by atoms with van der Waals surface area (Å²) in [5, 5.41) is 5.48. The van der Waals surface area contributed by atoms with Crippen LogP contribution in [-0.4, -0.2) is 18.9 Å². The first-order chi connectivity index (χ1) is 14.2. The number of nitrogens with two attached hydrogens (primary N) is 1. The molecule has 4 nitrogen and oxygen atoms in total. The highest BCUT2D eigenvalue weighted by molar-refractivity contribution is 5.82. The minimum absolute atomic E-state index is 0.149. The summed E-state index contributed by atoms with van der Waals surface area (Å²) in [4.78, 5) is 19.8. The van der Waals surface area contributed by atoms with Gasteiger partial charge in [0, 0.05) is 13.0 Å². The molecule has 0 fully saturated rings. The van der Waals surface area contributed by atoms with E-state index >= 15 is 0 Å². The average molecular weight is 391 g/mol. The summed E-state index contributed by atoms with van der Waals surface area (Å²) in [6.07, 6.45) is 10.7. The maximum absolute atomic E-state index is 11.3. The van der Waals surface area contributed by atoms with Gasteiger partial charge in [-0.3, -0.25) is 9.59 Å². The van der Waals surface area contributed by atoms with Crippen molar-refractivity contribution in [3.63, 3.8) is 0 Å². The molecule has 0 unspecified atom stereocenters. The van der Waals surface area contributed by atoms with Crippen LogP contribution in [0.15, 0.2) is 78.9 Å². The van der Waals surface area contributed by atoms with Gasteiger partial charge in [-0.25, -0.2) is 0 Å². The Balaban J connectivity index is 0.000000455. The quantitative estimate of drug-likeness (QED) is 0.502. The third-order valence-electron chi connectivity index (χ3n) is 3.71. The third kappa shape index (κ3) is 12.4. The van der Waals surface area contributed by atoms with Gasteiger partial charge in [-0.05, 0) is 29.2 Å². The molecule has 0 atom stereocenters. The number of aryl methyl sites for hydroxylation is 1. The third-order valence-corrected chi connectivity index (χ3v) is 3.71. The summed E-state index contributed by atoms with van der Waals surface area (Å²) in [7, 11) is 0. The van der Waals surface area contributed by atoms with Crippen molar-refractivity contribution >= 4 is 23.1 Å². The Morgan fingerprint density at radius 1 is 0.897 bits per heavy atom. The Morgan fingerprint density at radius 3 is 1.72 bits per heavy atom. The predicted molar refractivity (Wildman–Crippen MR) is 122 cm³/mol. The molecule has 0 spiro atoms. The molecule has 0 radical (unpaired) electrons. The molecule has 3 aromatic carbocycles. The van der Waals surface area contributed by atoms with Crippen LogP contribution >= 0.6 is 0 Å². The number of terminal acetylenes is 1. The summed E-state index contributed by atoms with van der Waals surface area (Å²) in [6.45, 7) is 2.84. The van der Waals surface area contributed by atoms with Crippen molar-refractivity contribution in [2.24, 2.45) is 5.73 Å². The van der Waals surface area contributed by atoms with Crippen LogP contribution in [0, 0.1) is 12.8 Å². The van der Waals surface area contributed by atoms with Gasteiger partial charge in [0.2, 0.25) is 12.3 Å². The van der Waals surface area contributed by atoms with Crippen molar-refractivity contribution in [1.82, 2.24) is 5.32 Å². The van der Waals surface area contributed by atoms with Crippen molar-refractivity contribution in [2.45, 2.75) is 26.2 Å². The van der Waals surface area contributed by atoms with Crippen LogP contribution < -0.4 is 11.1 Å². The minimum atomic E-state index is 0.149. The standard InChI is InChI=1S/C12H17NO.C10H8.C2H2.CH3NO/c1-2-10-13-12(14)9-8-11-6-4-3-5-7-11;1-2-6-10-8-4-3-7-9(10)5-1;1-2;2-1-3/h3-7H,2,8-10H2,1H3,(H,13,14);1-8H;1-2H;1H,(H2,2,3). The number of amides is 2. The second kappa shape index (κ2) is 17.8. The highest BCUT2D eigenvalue weighted by Crippen LogP contribution is 2.11. The lowest BCUT2D eigenvalue weighted by Crippen LogP contribution is -2.24. The molecule has 0 aliphatic carbocycles. The zero-order chi connectivity index (χ0) is 21.7. The van der Waals surface area contributed by atoms with Crippen LogP contribution in [0.5, 0.6) is 0 Å². The number of primary amides is 1. The highest BCUT2D eigenvalue weighted by Gasteiger charge is 1.99. The molecule has 0 aliphatic rings. The Morgan fingerprint density at radius 2 is 1.31 bits per heavy atom. The van der Waals surface area contributed by atoms with E-state index in [2.05, 4.69) is 79.4 Å². The summed E-state index contributed by atoms with van der Waals surface area (Å²) in [5.74, 6) is 0.149. The lowest BCUT2D eigenvalue weighted by atomic mass is 10.1. The van der Waals surface area contributed by atoms with E-state index in [-0.39, 0.29) is 12.3 Å². The number of hydrogen-bond acceptors (Lipinski definition) is 2. The molecule has 29 heavy (non-hydrogen) atoms. The van der Waals surface area contributed by atoms with Gasteiger partial charge in [0.05, 0.1) is 0 Å². The van der Waals surface area contributed by atoms with E-state index in [1.807, 2.05) is 30.3 Å². The first-order valence-corrected chi connectivity index (χ1v) is 9.44. The zero-order valence-electron chi connectivity index (χ0n) is 17.0. The van der Waals surface area contributed by atoms with Gasteiger partial charge in [0.15, 0.2) is 0 Å². The van der Waals surface area contributed by atoms with Crippen LogP contribution in [0.4, 0.5) is 0 Å². The lowest BCUT2D eigenvalue weighted by Gasteiger charge is -2.03. The fourth-order valence-electron chi connectivity index (χ4n) is 2.39. The van der Waals surface area contributed by atoms with Gasteiger partial charge in [0.25, 0.3) is 0 Å². The van der Waals surface area contributed by atoms with E-state index in [1.165, 1.54) is 16.3 Å². The van der Waals surface area contributed by atoms with E-state index in [4.69, 9.17) is 4.79 Å². The van der Waals surface area contributed by atoms with Crippen molar-refractivity contribution < 1.29 is 9.59 Å². The van der Waals surface area contributed by atoms with Crippen LogP contribution in [0.1, 0.15) is 25.3 Å². The maximum atomic E-state index is 11.3. The molecule has 0 aliphatic heterocycles. The van der Waals surface area contributed by atoms with E-state index in [0.717, 1.165) is 19.4 Å². The van der Waals surface area contributed by atoms with Crippen LogP contribution in [0.3, 0.4) is 0 Å². The fourth-order valence-corrected chi connectivity index (χ4v) is 2.39. The summed E-state index contributed by atoms with van der Waals surface area (Å²) in [6, 6.07) is 26.8. The lowest BCUT2D eigenvalue weighted by molar-refractivity contribution is -0.121. The number of benzene rings is 3. The first-order valence-electron chi connectivity index (χ1n) is 9.44. The van der Waals surface area contributed by atoms with Crippen molar-refractivity contribution in [3.8, 4) is 12.8 Å². The second-order valence-electron chi connectivity index (χ2n) is 5.82. The molecule has 4 heteroatoms. The summed E-state index contributed by atoms with van der Waals surface area (Å²) < 4.78 is 0. The molecular weight excluding hydrogens is 360 g/mol. The number of hydrogen-bond donors (Lipinski definition) is 2. The predicted octanol–water partition coefficient (Wildman–Crippen LogP) is 4.34. The number of rotatable bonds is 5. The maximum Gasteiger partial charge on any atom is 0.220 e. The molecule has 3 rings (SSSR count). The zero-order valence-corrected chi connectivity index (χ0v) is 17.0. The molecule has 3 N–H and O–H groups in total.